The second-order valence-electron chi connectivity index (χ2n) is 9.34. The molecule has 2 rings (SSSR count). The molecule has 1 heterocycles. The lowest BCUT2D eigenvalue weighted by molar-refractivity contribution is -0.164. The average molecular weight is 461 g/mol. The molecule has 1 unspecified atom stereocenters. The smallest absolute Gasteiger partial charge is 0.412 e. The number of rotatable bonds is 9. The average Bonchev–Trinajstić information content (AvgIpc) is 2.72. The van der Waals surface area contributed by atoms with Crippen LogP contribution in [0.4, 0.5) is 10.5 Å². The number of amides is 1. The number of nitrogens with zero attached hydrogens (tertiary/aromatic N) is 1. The van der Waals surface area contributed by atoms with E-state index in [1.807, 2.05) is 37.3 Å². The maximum Gasteiger partial charge on any atom is 0.412 e. The van der Waals surface area contributed by atoms with Crippen LogP contribution in [-0.4, -0.2) is 31.6 Å². The van der Waals surface area contributed by atoms with Gasteiger partial charge in [-0.15, -0.1) is 0 Å². The van der Waals surface area contributed by atoms with Crippen molar-refractivity contribution in [3.05, 3.63) is 53.7 Å². The van der Waals surface area contributed by atoms with Crippen LogP contribution >= 0.6 is 0 Å². The molecule has 2 aromatic rings. The summed E-state index contributed by atoms with van der Waals surface area (Å²) < 4.78 is 17.0. The van der Waals surface area contributed by atoms with Gasteiger partial charge in [-0.1, -0.05) is 64.4 Å². The molecule has 8 heteroatoms. The summed E-state index contributed by atoms with van der Waals surface area (Å²) in [6.07, 6.45) is 0.478. The molecule has 1 aromatic heterocycles. The summed E-state index contributed by atoms with van der Waals surface area (Å²) in [4.78, 5) is 16.7. The summed E-state index contributed by atoms with van der Waals surface area (Å²) in [5.74, 6) is -1.37. The third kappa shape index (κ3) is 6.54. The van der Waals surface area contributed by atoms with E-state index in [0.717, 1.165) is 5.56 Å². The van der Waals surface area contributed by atoms with E-state index in [1.165, 1.54) is 7.11 Å². The molecule has 32 heavy (non-hydrogen) atoms. The Labute approximate surface area is 192 Å². The first kappa shape index (κ1) is 25.8. The van der Waals surface area contributed by atoms with Crippen LogP contribution < -0.4 is 10.1 Å². The Morgan fingerprint density at radius 1 is 1.12 bits per heavy atom. The van der Waals surface area contributed by atoms with Crippen molar-refractivity contribution in [2.75, 3.05) is 12.4 Å². The fourth-order valence-electron chi connectivity index (χ4n) is 2.92. The van der Waals surface area contributed by atoms with Crippen molar-refractivity contribution in [1.29, 1.82) is 0 Å². The van der Waals surface area contributed by atoms with Crippen molar-refractivity contribution in [1.82, 2.24) is 4.98 Å². The van der Waals surface area contributed by atoms with Crippen molar-refractivity contribution in [2.45, 2.75) is 71.1 Å². The van der Waals surface area contributed by atoms with Crippen molar-refractivity contribution < 1.29 is 23.8 Å². The van der Waals surface area contributed by atoms with E-state index >= 15 is 0 Å². The number of hydrogen-bond donors (Lipinski definition) is 2. The quantitative estimate of drug-likeness (QED) is 0.363. The van der Waals surface area contributed by atoms with Gasteiger partial charge >= 0.3 is 6.09 Å². The van der Waals surface area contributed by atoms with Crippen LogP contribution in [-0.2, 0) is 21.6 Å². The fraction of sp³-hybridized carbons (Fsp3) is 0.500. The van der Waals surface area contributed by atoms with Crippen LogP contribution in [0, 0.1) is 0 Å². The topological polar surface area (TPSA) is 89.9 Å². The van der Waals surface area contributed by atoms with Gasteiger partial charge in [0.1, 0.15) is 18.0 Å². The van der Waals surface area contributed by atoms with Crippen molar-refractivity contribution in [3.8, 4) is 5.88 Å². The Hall–Kier alpha value is -2.42. The van der Waals surface area contributed by atoms with E-state index in [1.54, 1.807) is 12.1 Å². The SMILES string of the molecule is CCCC(O)(O[Si](C)(C)C(C)(C)C)c1ccc(NC(=O)OCc2ccccc2)c(OC)n1. The highest BCUT2D eigenvalue weighted by Crippen LogP contribution is 2.42. The number of ether oxygens (including phenoxy) is 2. The summed E-state index contributed by atoms with van der Waals surface area (Å²) in [5, 5.41) is 14.0. The Morgan fingerprint density at radius 3 is 2.34 bits per heavy atom. The van der Waals surface area contributed by atoms with Gasteiger partial charge in [-0.25, -0.2) is 9.78 Å². The largest absolute Gasteiger partial charge is 0.480 e. The van der Waals surface area contributed by atoms with Crippen molar-refractivity contribution in [3.63, 3.8) is 0 Å². The maximum atomic E-state index is 12.3. The Morgan fingerprint density at radius 2 is 1.78 bits per heavy atom. The minimum Gasteiger partial charge on any atom is -0.480 e. The fourth-order valence-corrected chi connectivity index (χ4v) is 4.28. The third-order valence-electron chi connectivity index (χ3n) is 5.72. The molecular weight excluding hydrogens is 424 g/mol. The van der Waals surface area contributed by atoms with Crippen LogP contribution in [0.15, 0.2) is 42.5 Å². The number of pyridine rings is 1. The van der Waals surface area contributed by atoms with E-state index in [0.29, 0.717) is 24.2 Å². The van der Waals surface area contributed by atoms with Crippen LogP contribution in [0.25, 0.3) is 0 Å². The molecule has 0 fully saturated rings. The Kier molecular flexibility index (Phi) is 8.45. The minimum atomic E-state index is -2.29. The molecule has 0 radical (unpaired) electrons. The Balaban J connectivity index is 2.21. The number of anilines is 1. The number of benzene rings is 1. The summed E-state index contributed by atoms with van der Waals surface area (Å²) in [6.45, 7) is 12.7. The summed E-state index contributed by atoms with van der Waals surface area (Å²) in [7, 11) is -0.833. The van der Waals surface area contributed by atoms with Crippen molar-refractivity contribution >= 4 is 20.1 Å². The predicted octanol–water partition coefficient (Wildman–Crippen LogP) is 5.81. The number of hydrogen-bond acceptors (Lipinski definition) is 6. The molecule has 0 bridgehead atoms. The summed E-state index contributed by atoms with van der Waals surface area (Å²) in [6, 6.07) is 12.7. The molecule has 0 saturated carbocycles. The highest BCUT2D eigenvalue weighted by atomic mass is 28.4. The molecule has 0 spiro atoms. The number of methoxy groups -OCH3 is 1. The normalized spacial score (nSPS) is 13.9. The molecule has 0 aliphatic heterocycles. The van der Waals surface area contributed by atoms with Gasteiger partial charge in [0.2, 0.25) is 11.7 Å². The van der Waals surface area contributed by atoms with Gasteiger partial charge in [-0.3, -0.25) is 5.32 Å². The highest BCUT2D eigenvalue weighted by Gasteiger charge is 2.45. The molecule has 176 valence electrons. The van der Waals surface area contributed by atoms with Gasteiger partial charge in [-0.2, -0.15) is 0 Å². The van der Waals surface area contributed by atoms with Gasteiger partial charge in [0.05, 0.1) is 7.11 Å². The first-order chi connectivity index (χ1) is 14.9. The van der Waals surface area contributed by atoms with E-state index in [9.17, 15) is 9.90 Å². The minimum absolute atomic E-state index is 0.0805. The molecule has 0 saturated heterocycles. The monoisotopic (exact) mass is 460 g/mol. The van der Waals surface area contributed by atoms with E-state index in [-0.39, 0.29) is 17.5 Å². The molecule has 1 atom stereocenters. The molecule has 0 aliphatic rings. The van der Waals surface area contributed by atoms with Crippen LogP contribution in [0.1, 0.15) is 51.8 Å². The van der Waals surface area contributed by atoms with E-state index in [4.69, 9.17) is 13.9 Å². The second-order valence-corrected chi connectivity index (χ2v) is 14.1. The van der Waals surface area contributed by atoms with Crippen LogP contribution in [0.3, 0.4) is 0 Å². The number of carbonyl (C=O) groups excluding carboxylic acids is 1. The number of nitrogens with one attached hydrogen (secondary N) is 1. The first-order valence-electron chi connectivity index (χ1n) is 10.9. The summed E-state index contributed by atoms with van der Waals surface area (Å²) in [5.41, 5.74) is 1.58. The number of aliphatic hydroxyl groups is 1. The van der Waals surface area contributed by atoms with Gasteiger partial charge < -0.3 is 19.0 Å². The van der Waals surface area contributed by atoms with Crippen LogP contribution in [0.5, 0.6) is 5.88 Å². The number of aromatic nitrogens is 1. The maximum absolute atomic E-state index is 12.3. The Bertz CT molecular complexity index is 899. The molecule has 1 aromatic carbocycles. The first-order valence-corrected chi connectivity index (χ1v) is 13.8. The lowest BCUT2D eigenvalue weighted by Crippen LogP contribution is -2.48. The molecular formula is C24H36N2O5Si. The molecule has 7 nitrogen and oxygen atoms in total. The van der Waals surface area contributed by atoms with Gasteiger partial charge in [0, 0.05) is 6.42 Å². The molecule has 0 aliphatic carbocycles. The van der Waals surface area contributed by atoms with Gasteiger partial charge in [0.15, 0.2) is 8.32 Å². The molecule has 2 N–H and O–H groups in total. The predicted molar refractivity (Wildman–Crippen MR) is 128 cm³/mol. The van der Waals surface area contributed by atoms with E-state index < -0.39 is 20.2 Å². The van der Waals surface area contributed by atoms with Crippen LogP contribution in [0.2, 0.25) is 18.1 Å². The zero-order valence-electron chi connectivity index (χ0n) is 20.2. The van der Waals surface area contributed by atoms with Gasteiger partial charge in [0.25, 0.3) is 0 Å². The van der Waals surface area contributed by atoms with Gasteiger partial charge in [-0.05, 0) is 35.8 Å². The summed E-state index contributed by atoms with van der Waals surface area (Å²) >= 11 is 0. The zero-order chi connectivity index (χ0) is 24.0. The standard InChI is InChI=1S/C24H36N2O5Si/c1-8-16-24(28,31-32(6,7)23(2,3)4)20-15-14-19(21(26-20)29-5)25-22(27)30-17-18-12-10-9-11-13-18/h9-15,28H,8,16-17H2,1-7H3,(H,25,27). The zero-order valence-corrected chi connectivity index (χ0v) is 21.2. The highest BCUT2D eigenvalue weighted by molar-refractivity contribution is 6.74. The lowest BCUT2D eigenvalue weighted by atomic mass is 10.1. The van der Waals surface area contributed by atoms with Crippen molar-refractivity contribution in [2.24, 2.45) is 0 Å². The molecule has 1 amide bonds. The second kappa shape index (κ2) is 10.5. The van der Waals surface area contributed by atoms with E-state index in [2.05, 4.69) is 44.2 Å². The lowest BCUT2D eigenvalue weighted by Gasteiger charge is -2.42. The number of carbonyl (C=O) groups is 1. The third-order valence-corrected chi connectivity index (χ3v) is 10.2.